The van der Waals surface area contributed by atoms with E-state index in [4.69, 9.17) is 9.72 Å². The quantitative estimate of drug-likeness (QED) is 0.114. The van der Waals surface area contributed by atoms with Crippen LogP contribution in [0.15, 0.2) is 95.9 Å². The molecular weight excluding hydrogens is 611 g/mol. The summed E-state index contributed by atoms with van der Waals surface area (Å²) in [5.41, 5.74) is 4.37. The summed E-state index contributed by atoms with van der Waals surface area (Å²) in [6, 6.07) is 24.9. The monoisotopic (exact) mass is 636 g/mol. The van der Waals surface area contributed by atoms with Crippen molar-refractivity contribution in [3.63, 3.8) is 0 Å². The molecule has 10 heteroatoms. The number of benzene rings is 4. The van der Waals surface area contributed by atoms with Crippen LogP contribution in [0, 0.1) is 19.7 Å². The number of carbonyl (C=O) groups is 1. The molecule has 1 aromatic heterocycles. The van der Waals surface area contributed by atoms with Crippen LogP contribution in [0.5, 0.6) is 5.75 Å². The van der Waals surface area contributed by atoms with E-state index in [1.807, 2.05) is 50.2 Å². The van der Waals surface area contributed by atoms with E-state index < -0.39 is 24.3 Å². The van der Waals surface area contributed by atoms with Gasteiger partial charge in [-0.05, 0) is 85.0 Å². The number of thiazole rings is 1. The summed E-state index contributed by atoms with van der Waals surface area (Å²) in [5, 5.41) is 11.4. The molecule has 1 unspecified atom stereocenters. The average molecular weight is 637 g/mol. The molecule has 1 heterocycles. The zero-order chi connectivity index (χ0) is 31.4. The first-order chi connectivity index (χ1) is 21.0. The van der Waals surface area contributed by atoms with E-state index >= 15 is 0 Å². The van der Waals surface area contributed by atoms with Crippen LogP contribution in [0.4, 0.5) is 17.6 Å². The summed E-state index contributed by atoms with van der Waals surface area (Å²) in [6.07, 6.45) is -3.79. The number of carboxylic acid groups (broad SMARTS) is 1. The summed E-state index contributed by atoms with van der Waals surface area (Å²) in [7, 11) is 0. The van der Waals surface area contributed by atoms with Gasteiger partial charge >= 0.3 is 6.18 Å². The number of hydrogen-bond acceptors (Lipinski definition) is 6. The Morgan fingerprint density at radius 3 is 2.11 bits per heavy atom. The number of nitrogens with zero attached hydrogens (tertiary/aromatic N) is 1. The number of aryl methyl sites for hydroxylation is 2. The molecule has 5 rings (SSSR count). The topological polar surface area (TPSA) is 62.2 Å². The van der Waals surface area contributed by atoms with Crippen LogP contribution in [0.25, 0.3) is 21.7 Å². The Labute approximate surface area is 260 Å². The molecule has 0 fully saturated rings. The van der Waals surface area contributed by atoms with E-state index in [0.29, 0.717) is 22.7 Å². The predicted octanol–water partition coefficient (Wildman–Crippen LogP) is 8.46. The lowest BCUT2D eigenvalue weighted by Gasteiger charge is -2.18. The highest BCUT2D eigenvalue weighted by molar-refractivity contribution is 7.99. The lowest BCUT2D eigenvalue weighted by Crippen LogP contribution is -2.29. The summed E-state index contributed by atoms with van der Waals surface area (Å²) < 4.78 is 58.0. The second kappa shape index (κ2) is 13.2. The molecule has 0 aliphatic carbocycles. The lowest BCUT2D eigenvalue weighted by atomic mass is 10.0. The van der Waals surface area contributed by atoms with Gasteiger partial charge in [-0.2, -0.15) is 13.2 Å². The number of aliphatic carboxylic acids is 1. The standard InChI is InChI=1S/C34H27F4NO3S2/c1-20-17-28(15-16-29(20)42-19-31(40)41)43-30(18-22-3-5-23(6-4-22)24-9-13-27(35)14-10-24)32-21(2)39-33(44-32)25-7-11-26(12-8-25)34(36,37)38/h3-17,30H,18-19H2,1-2H3,(H,40,41)/p-1. The van der Waals surface area contributed by atoms with Gasteiger partial charge in [0, 0.05) is 20.6 Å². The molecule has 0 bridgehead atoms. The van der Waals surface area contributed by atoms with E-state index in [9.17, 15) is 27.5 Å². The Morgan fingerprint density at radius 2 is 1.52 bits per heavy atom. The maximum Gasteiger partial charge on any atom is 0.416 e. The molecule has 44 heavy (non-hydrogen) atoms. The van der Waals surface area contributed by atoms with Crippen molar-refractivity contribution in [3.8, 4) is 27.4 Å². The summed E-state index contributed by atoms with van der Waals surface area (Å²) in [6.45, 7) is 3.18. The van der Waals surface area contributed by atoms with E-state index in [-0.39, 0.29) is 11.1 Å². The lowest BCUT2D eigenvalue weighted by molar-refractivity contribution is -0.307. The van der Waals surface area contributed by atoms with E-state index in [0.717, 1.165) is 49.9 Å². The van der Waals surface area contributed by atoms with Crippen molar-refractivity contribution in [2.45, 2.75) is 36.6 Å². The van der Waals surface area contributed by atoms with Gasteiger partial charge in [-0.15, -0.1) is 23.1 Å². The fraction of sp³-hybridized carbons (Fsp3) is 0.176. The largest absolute Gasteiger partial charge is 0.546 e. The van der Waals surface area contributed by atoms with Crippen molar-refractivity contribution in [1.82, 2.24) is 4.98 Å². The maximum atomic E-state index is 13.4. The molecule has 0 aliphatic rings. The number of carboxylic acids is 1. The minimum absolute atomic E-state index is 0.0956. The predicted molar refractivity (Wildman–Crippen MR) is 163 cm³/mol. The number of halogens is 4. The van der Waals surface area contributed by atoms with Crippen molar-refractivity contribution >= 4 is 29.1 Å². The molecule has 226 valence electrons. The summed E-state index contributed by atoms with van der Waals surface area (Å²) >= 11 is 3.06. The number of alkyl halides is 3. The van der Waals surface area contributed by atoms with E-state index in [1.54, 1.807) is 30.0 Å². The molecule has 4 aromatic carbocycles. The number of thioether (sulfide) groups is 1. The fourth-order valence-corrected chi connectivity index (χ4v) is 7.28. The number of ether oxygens (including phenoxy) is 1. The third-order valence-corrected chi connectivity index (χ3v) is 9.59. The summed E-state index contributed by atoms with van der Waals surface area (Å²) in [4.78, 5) is 17.5. The SMILES string of the molecule is Cc1cc(SC(Cc2ccc(-c3ccc(F)cc3)cc2)c2sc(-c3ccc(C(F)(F)F)cc3)nc2C)ccc1OCC(=O)[O-]. The highest BCUT2D eigenvalue weighted by atomic mass is 32.2. The van der Waals surface area contributed by atoms with Crippen LogP contribution in [-0.4, -0.2) is 17.6 Å². The van der Waals surface area contributed by atoms with Crippen LogP contribution < -0.4 is 9.84 Å². The molecule has 0 N–H and O–H groups in total. The van der Waals surface area contributed by atoms with Crippen molar-refractivity contribution in [3.05, 3.63) is 124 Å². The van der Waals surface area contributed by atoms with Crippen molar-refractivity contribution in [1.29, 1.82) is 0 Å². The van der Waals surface area contributed by atoms with Gasteiger partial charge in [-0.1, -0.05) is 48.5 Å². The van der Waals surface area contributed by atoms with Gasteiger partial charge in [0.1, 0.15) is 23.2 Å². The maximum absolute atomic E-state index is 13.4. The molecular formula is C34H26F4NO3S2-. The normalized spacial score (nSPS) is 12.2. The van der Waals surface area contributed by atoms with E-state index in [1.165, 1.54) is 35.6 Å². The third kappa shape index (κ3) is 7.67. The molecule has 0 saturated carbocycles. The van der Waals surface area contributed by atoms with Gasteiger partial charge in [0.2, 0.25) is 0 Å². The Hall–Kier alpha value is -4.15. The van der Waals surface area contributed by atoms with Gasteiger partial charge in [-0.25, -0.2) is 9.37 Å². The molecule has 0 amide bonds. The van der Waals surface area contributed by atoms with Crippen molar-refractivity contribution in [2.24, 2.45) is 0 Å². The average Bonchev–Trinajstić information content (AvgIpc) is 3.38. The number of carbonyl (C=O) groups excluding carboxylic acids is 1. The van der Waals surface area contributed by atoms with Gasteiger partial charge in [0.25, 0.3) is 0 Å². The Morgan fingerprint density at radius 1 is 0.909 bits per heavy atom. The van der Waals surface area contributed by atoms with Gasteiger partial charge in [-0.3, -0.25) is 0 Å². The summed E-state index contributed by atoms with van der Waals surface area (Å²) in [5.74, 6) is -1.16. The molecule has 1 atom stereocenters. The molecule has 5 aromatic rings. The van der Waals surface area contributed by atoms with Crippen LogP contribution in [-0.2, 0) is 17.4 Å². The Bertz CT molecular complexity index is 1750. The smallest absolute Gasteiger partial charge is 0.416 e. The first-order valence-corrected chi connectivity index (χ1v) is 15.3. The minimum atomic E-state index is -4.42. The molecule has 0 radical (unpaired) electrons. The Kier molecular flexibility index (Phi) is 9.41. The van der Waals surface area contributed by atoms with Gasteiger partial charge < -0.3 is 14.6 Å². The molecule has 0 aliphatic heterocycles. The zero-order valence-electron chi connectivity index (χ0n) is 23.7. The van der Waals surface area contributed by atoms with Gasteiger partial charge in [0.05, 0.1) is 17.2 Å². The highest BCUT2D eigenvalue weighted by Gasteiger charge is 2.30. The Balaban J connectivity index is 1.44. The number of hydrogen-bond donors (Lipinski definition) is 0. The number of rotatable bonds is 10. The van der Waals surface area contributed by atoms with Crippen LogP contribution in [0.3, 0.4) is 0 Å². The highest BCUT2D eigenvalue weighted by Crippen LogP contribution is 2.44. The first-order valence-electron chi connectivity index (χ1n) is 13.6. The van der Waals surface area contributed by atoms with Crippen LogP contribution in [0.2, 0.25) is 0 Å². The first kappa shape index (κ1) is 31.3. The van der Waals surface area contributed by atoms with Crippen molar-refractivity contribution < 1.29 is 32.2 Å². The van der Waals surface area contributed by atoms with E-state index in [2.05, 4.69) is 0 Å². The van der Waals surface area contributed by atoms with Crippen LogP contribution >= 0.6 is 23.1 Å². The second-order valence-electron chi connectivity index (χ2n) is 10.1. The molecule has 4 nitrogen and oxygen atoms in total. The third-order valence-electron chi connectivity index (χ3n) is 6.91. The number of aromatic nitrogens is 1. The minimum Gasteiger partial charge on any atom is -0.546 e. The van der Waals surface area contributed by atoms with Crippen molar-refractivity contribution in [2.75, 3.05) is 6.61 Å². The van der Waals surface area contributed by atoms with Crippen LogP contribution in [0.1, 0.15) is 32.5 Å². The van der Waals surface area contributed by atoms with Gasteiger partial charge in [0.15, 0.2) is 0 Å². The molecule has 0 saturated heterocycles. The fourth-order valence-electron chi connectivity index (χ4n) is 4.67. The second-order valence-corrected chi connectivity index (χ2v) is 12.5. The zero-order valence-corrected chi connectivity index (χ0v) is 25.3. The molecule has 0 spiro atoms.